The summed E-state index contributed by atoms with van der Waals surface area (Å²) in [6, 6.07) is 1.73. The molecule has 0 fully saturated rings. The standard InChI is InChI=1S/C14H15Cl2N3O2/c15-8-6-10(17-3-4-20)12-7-5-11(21)18-2-1-9(7)19-14(12)13(8)16/h6,17,19-20H,1-5H2,(H,18,21). The van der Waals surface area contributed by atoms with Gasteiger partial charge in [-0.15, -0.1) is 0 Å². The maximum atomic E-state index is 11.8. The Hall–Kier alpha value is -1.43. The van der Waals surface area contributed by atoms with Crippen molar-refractivity contribution >= 4 is 45.7 Å². The van der Waals surface area contributed by atoms with Crippen LogP contribution in [0.3, 0.4) is 0 Å². The van der Waals surface area contributed by atoms with Crippen LogP contribution in [0, 0.1) is 0 Å². The van der Waals surface area contributed by atoms with E-state index in [1.165, 1.54) is 0 Å². The Labute approximate surface area is 131 Å². The second-order valence-corrected chi connectivity index (χ2v) is 5.76. The molecule has 2 heterocycles. The summed E-state index contributed by atoms with van der Waals surface area (Å²) in [6.07, 6.45) is 1.03. The van der Waals surface area contributed by atoms with Gasteiger partial charge in [0.05, 0.1) is 28.6 Å². The number of H-pyrrole nitrogens is 1. The molecule has 112 valence electrons. The van der Waals surface area contributed by atoms with Crippen molar-refractivity contribution in [2.24, 2.45) is 0 Å². The van der Waals surface area contributed by atoms with E-state index >= 15 is 0 Å². The Morgan fingerprint density at radius 3 is 2.95 bits per heavy atom. The molecule has 1 aliphatic heterocycles. The van der Waals surface area contributed by atoms with Gasteiger partial charge in [-0.05, 0) is 11.6 Å². The number of aliphatic hydroxyl groups is 1. The summed E-state index contributed by atoms with van der Waals surface area (Å²) in [5, 5.41) is 16.8. The minimum atomic E-state index is -0.00571. The van der Waals surface area contributed by atoms with Crippen LogP contribution < -0.4 is 10.6 Å². The van der Waals surface area contributed by atoms with E-state index in [-0.39, 0.29) is 12.5 Å². The molecule has 0 saturated heterocycles. The number of rotatable bonds is 3. The number of aromatic amines is 1. The number of halogens is 2. The lowest BCUT2D eigenvalue weighted by Crippen LogP contribution is -2.24. The molecule has 1 aromatic carbocycles. The molecule has 0 unspecified atom stereocenters. The molecule has 0 radical (unpaired) electrons. The molecule has 1 aromatic heterocycles. The van der Waals surface area contributed by atoms with Crippen LogP contribution in [0.4, 0.5) is 5.69 Å². The fourth-order valence-electron chi connectivity index (χ4n) is 2.72. The van der Waals surface area contributed by atoms with Gasteiger partial charge in [-0.2, -0.15) is 0 Å². The second-order valence-electron chi connectivity index (χ2n) is 4.98. The SMILES string of the molecule is O=C1Cc2c([nH]c3c(Cl)c(Cl)cc(NCCO)c23)CCN1. The predicted molar refractivity (Wildman–Crippen MR) is 84.3 cm³/mol. The van der Waals surface area contributed by atoms with Crippen molar-refractivity contribution < 1.29 is 9.90 Å². The highest BCUT2D eigenvalue weighted by molar-refractivity contribution is 6.45. The van der Waals surface area contributed by atoms with Crippen LogP contribution in [-0.2, 0) is 17.6 Å². The minimum Gasteiger partial charge on any atom is -0.395 e. The zero-order chi connectivity index (χ0) is 15.0. The van der Waals surface area contributed by atoms with Crippen molar-refractivity contribution in [3.63, 3.8) is 0 Å². The first-order valence-electron chi connectivity index (χ1n) is 6.74. The Balaban J connectivity index is 2.23. The van der Waals surface area contributed by atoms with Gasteiger partial charge in [-0.1, -0.05) is 23.2 Å². The molecule has 1 aliphatic rings. The number of carbonyl (C=O) groups is 1. The van der Waals surface area contributed by atoms with Crippen LogP contribution >= 0.6 is 23.2 Å². The third kappa shape index (κ3) is 2.57. The molecule has 0 aliphatic carbocycles. The summed E-state index contributed by atoms with van der Waals surface area (Å²) >= 11 is 12.5. The number of carbonyl (C=O) groups excluding carboxylic acids is 1. The van der Waals surface area contributed by atoms with Gasteiger partial charge in [-0.25, -0.2) is 0 Å². The van der Waals surface area contributed by atoms with E-state index in [0.29, 0.717) is 29.6 Å². The zero-order valence-electron chi connectivity index (χ0n) is 11.2. The highest BCUT2D eigenvalue weighted by atomic mass is 35.5. The van der Waals surface area contributed by atoms with Crippen molar-refractivity contribution in [3.05, 3.63) is 27.4 Å². The van der Waals surface area contributed by atoms with Gasteiger partial charge in [0.2, 0.25) is 5.91 Å². The van der Waals surface area contributed by atoms with Gasteiger partial charge < -0.3 is 20.7 Å². The molecule has 1 amide bonds. The lowest BCUT2D eigenvalue weighted by molar-refractivity contribution is -0.120. The van der Waals surface area contributed by atoms with E-state index in [2.05, 4.69) is 15.6 Å². The number of nitrogens with one attached hydrogen (secondary N) is 3. The average Bonchev–Trinajstić information content (AvgIpc) is 2.70. The maximum absolute atomic E-state index is 11.8. The van der Waals surface area contributed by atoms with Crippen LogP contribution in [0.25, 0.3) is 10.9 Å². The van der Waals surface area contributed by atoms with Crippen LogP contribution in [0.1, 0.15) is 11.3 Å². The normalized spacial score (nSPS) is 14.7. The third-order valence-electron chi connectivity index (χ3n) is 3.62. The first-order valence-corrected chi connectivity index (χ1v) is 7.50. The van der Waals surface area contributed by atoms with Gasteiger partial charge in [0.25, 0.3) is 0 Å². The molecule has 0 bridgehead atoms. The van der Waals surface area contributed by atoms with Gasteiger partial charge >= 0.3 is 0 Å². The van der Waals surface area contributed by atoms with E-state index in [9.17, 15) is 4.79 Å². The summed E-state index contributed by atoms with van der Waals surface area (Å²) < 4.78 is 0. The molecule has 21 heavy (non-hydrogen) atoms. The summed E-state index contributed by atoms with van der Waals surface area (Å²) in [6.45, 7) is 1.01. The largest absolute Gasteiger partial charge is 0.395 e. The first-order chi connectivity index (χ1) is 10.1. The molecule has 7 heteroatoms. The number of fused-ring (bicyclic) bond motifs is 3. The van der Waals surface area contributed by atoms with E-state index in [0.717, 1.165) is 34.3 Å². The average molecular weight is 328 g/mol. The molecular weight excluding hydrogens is 313 g/mol. The van der Waals surface area contributed by atoms with E-state index < -0.39 is 0 Å². The Morgan fingerprint density at radius 1 is 1.38 bits per heavy atom. The third-order valence-corrected chi connectivity index (χ3v) is 4.41. The first kappa shape index (κ1) is 14.5. The molecule has 5 nitrogen and oxygen atoms in total. The number of hydrogen-bond donors (Lipinski definition) is 4. The Bertz CT molecular complexity index is 712. The van der Waals surface area contributed by atoms with Crippen molar-refractivity contribution in [3.8, 4) is 0 Å². The van der Waals surface area contributed by atoms with Crippen LogP contribution in [0.5, 0.6) is 0 Å². The highest BCUT2D eigenvalue weighted by Crippen LogP contribution is 2.39. The van der Waals surface area contributed by atoms with E-state index in [4.69, 9.17) is 28.3 Å². The van der Waals surface area contributed by atoms with Crippen molar-refractivity contribution in [1.82, 2.24) is 10.3 Å². The lowest BCUT2D eigenvalue weighted by Gasteiger charge is -2.10. The van der Waals surface area contributed by atoms with Crippen LogP contribution in [0.15, 0.2) is 6.07 Å². The quantitative estimate of drug-likeness (QED) is 0.697. The molecule has 2 aromatic rings. The number of benzene rings is 1. The zero-order valence-corrected chi connectivity index (χ0v) is 12.7. The van der Waals surface area contributed by atoms with Crippen molar-refractivity contribution in [1.29, 1.82) is 0 Å². The summed E-state index contributed by atoms with van der Waals surface area (Å²) in [4.78, 5) is 15.1. The second kappa shape index (κ2) is 5.75. The van der Waals surface area contributed by atoms with Gasteiger partial charge in [0.15, 0.2) is 0 Å². The van der Waals surface area contributed by atoms with E-state index in [1.807, 2.05) is 0 Å². The summed E-state index contributed by atoms with van der Waals surface area (Å²) in [5.74, 6) is -0.00571. The number of anilines is 1. The molecule has 3 rings (SSSR count). The molecule has 0 atom stereocenters. The fourth-order valence-corrected chi connectivity index (χ4v) is 3.12. The number of aliphatic hydroxyl groups excluding tert-OH is 1. The molecular formula is C14H15Cl2N3O2. The summed E-state index contributed by atoms with van der Waals surface area (Å²) in [7, 11) is 0. The number of hydrogen-bond acceptors (Lipinski definition) is 3. The monoisotopic (exact) mass is 327 g/mol. The topological polar surface area (TPSA) is 77.2 Å². The smallest absolute Gasteiger partial charge is 0.224 e. The molecule has 4 N–H and O–H groups in total. The lowest BCUT2D eigenvalue weighted by atomic mass is 10.0. The van der Waals surface area contributed by atoms with E-state index in [1.54, 1.807) is 6.07 Å². The minimum absolute atomic E-state index is 0.00571. The van der Waals surface area contributed by atoms with Gasteiger partial charge in [0.1, 0.15) is 0 Å². The predicted octanol–water partition coefficient (Wildman–Crippen LogP) is 2.09. The fraction of sp³-hybridized carbons (Fsp3) is 0.357. The van der Waals surface area contributed by atoms with Gasteiger partial charge in [-0.3, -0.25) is 4.79 Å². The molecule has 0 saturated carbocycles. The van der Waals surface area contributed by atoms with Crippen LogP contribution in [0.2, 0.25) is 10.0 Å². The maximum Gasteiger partial charge on any atom is 0.224 e. The number of aromatic nitrogens is 1. The van der Waals surface area contributed by atoms with Gasteiger partial charge in [0, 0.05) is 36.3 Å². The van der Waals surface area contributed by atoms with Crippen molar-refractivity contribution in [2.75, 3.05) is 25.0 Å². The van der Waals surface area contributed by atoms with Crippen molar-refractivity contribution in [2.45, 2.75) is 12.8 Å². The summed E-state index contributed by atoms with van der Waals surface area (Å²) in [5.41, 5.74) is 3.46. The Kier molecular flexibility index (Phi) is 3.97. The van der Waals surface area contributed by atoms with Crippen LogP contribution in [-0.4, -0.2) is 35.7 Å². The number of amides is 1. The highest BCUT2D eigenvalue weighted by Gasteiger charge is 2.22. The molecule has 0 spiro atoms. The Morgan fingerprint density at radius 2 is 2.19 bits per heavy atom.